The lowest BCUT2D eigenvalue weighted by Gasteiger charge is -2.03. The second kappa shape index (κ2) is 7.04. The van der Waals surface area contributed by atoms with E-state index in [0.29, 0.717) is 6.42 Å². The molecule has 0 bridgehead atoms. The third kappa shape index (κ3) is 4.47. The van der Waals surface area contributed by atoms with E-state index in [2.05, 4.69) is 22.4 Å². The molecule has 0 spiro atoms. The first kappa shape index (κ1) is 12.7. The SMILES string of the molecule is CCCCCCCC(=O)Nc1[nH]ncc1C. The summed E-state index contributed by atoms with van der Waals surface area (Å²) in [6, 6.07) is 0. The summed E-state index contributed by atoms with van der Waals surface area (Å²) in [5, 5.41) is 9.45. The Balaban J connectivity index is 2.14. The Morgan fingerprint density at radius 1 is 1.38 bits per heavy atom. The van der Waals surface area contributed by atoms with Gasteiger partial charge in [0.25, 0.3) is 0 Å². The van der Waals surface area contributed by atoms with Crippen LogP contribution in [-0.2, 0) is 4.79 Å². The van der Waals surface area contributed by atoms with Crippen LogP contribution in [0.15, 0.2) is 6.20 Å². The smallest absolute Gasteiger partial charge is 0.225 e. The summed E-state index contributed by atoms with van der Waals surface area (Å²) in [6.45, 7) is 4.11. The number of rotatable bonds is 7. The first-order valence-corrected chi connectivity index (χ1v) is 6.04. The van der Waals surface area contributed by atoms with Gasteiger partial charge in [-0.3, -0.25) is 9.89 Å². The van der Waals surface area contributed by atoms with E-state index in [-0.39, 0.29) is 5.91 Å². The molecule has 1 aromatic rings. The number of nitrogens with zero attached hydrogens (tertiary/aromatic N) is 1. The van der Waals surface area contributed by atoms with Crippen LogP contribution in [0.3, 0.4) is 0 Å². The fraction of sp³-hybridized carbons (Fsp3) is 0.667. The van der Waals surface area contributed by atoms with Crippen LogP contribution in [0.2, 0.25) is 0 Å². The van der Waals surface area contributed by atoms with Crippen molar-refractivity contribution in [1.29, 1.82) is 0 Å². The van der Waals surface area contributed by atoms with Crippen molar-refractivity contribution in [3.63, 3.8) is 0 Å². The van der Waals surface area contributed by atoms with Crippen molar-refractivity contribution in [2.75, 3.05) is 5.32 Å². The molecule has 4 heteroatoms. The molecule has 0 saturated heterocycles. The van der Waals surface area contributed by atoms with Crippen molar-refractivity contribution < 1.29 is 4.79 Å². The standard InChI is InChI=1S/C12H21N3O/c1-3-4-5-6-7-8-11(16)14-12-10(2)9-13-15-12/h9H,3-8H2,1-2H3,(H2,13,14,15,16). The normalized spacial score (nSPS) is 10.4. The van der Waals surface area contributed by atoms with Gasteiger partial charge in [-0.25, -0.2) is 0 Å². The number of hydrogen-bond acceptors (Lipinski definition) is 2. The third-order valence-corrected chi connectivity index (χ3v) is 2.60. The van der Waals surface area contributed by atoms with Gasteiger partial charge in [0.05, 0.1) is 6.20 Å². The summed E-state index contributed by atoms with van der Waals surface area (Å²) in [6.07, 6.45) is 8.15. The maximum Gasteiger partial charge on any atom is 0.225 e. The number of H-pyrrole nitrogens is 1. The number of carbonyl (C=O) groups excluding carboxylic acids is 1. The zero-order valence-electron chi connectivity index (χ0n) is 10.2. The molecule has 0 aliphatic rings. The number of amides is 1. The maximum atomic E-state index is 11.5. The van der Waals surface area contributed by atoms with Crippen LogP contribution in [-0.4, -0.2) is 16.1 Å². The molecule has 16 heavy (non-hydrogen) atoms. The lowest BCUT2D eigenvalue weighted by atomic mass is 10.1. The lowest BCUT2D eigenvalue weighted by molar-refractivity contribution is -0.116. The van der Waals surface area contributed by atoms with Crippen LogP contribution in [0.25, 0.3) is 0 Å². The minimum absolute atomic E-state index is 0.0730. The van der Waals surface area contributed by atoms with Gasteiger partial charge in [0, 0.05) is 12.0 Å². The number of aromatic nitrogens is 2. The number of aryl methyl sites for hydroxylation is 1. The number of unbranched alkanes of at least 4 members (excludes halogenated alkanes) is 4. The molecule has 0 aliphatic carbocycles. The van der Waals surface area contributed by atoms with E-state index in [9.17, 15) is 4.79 Å². The molecule has 0 aromatic carbocycles. The monoisotopic (exact) mass is 223 g/mol. The molecule has 0 fully saturated rings. The van der Waals surface area contributed by atoms with Gasteiger partial charge in [-0.05, 0) is 13.3 Å². The molecule has 4 nitrogen and oxygen atoms in total. The van der Waals surface area contributed by atoms with Crippen molar-refractivity contribution in [3.05, 3.63) is 11.8 Å². The van der Waals surface area contributed by atoms with E-state index < -0.39 is 0 Å². The van der Waals surface area contributed by atoms with E-state index >= 15 is 0 Å². The van der Waals surface area contributed by atoms with Gasteiger partial charge in [-0.2, -0.15) is 5.10 Å². The largest absolute Gasteiger partial charge is 0.311 e. The molecular weight excluding hydrogens is 202 g/mol. The molecule has 2 N–H and O–H groups in total. The second-order valence-electron chi connectivity index (χ2n) is 4.14. The molecule has 90 valence electrons. The molecular formula is C12H21N3O. The fourth-order valence-electron chi connectivity index (χ4n) is 1.56. The van der Waals surface area contributed by atoms with Gasteiger partial charge in [0.2, 0.25) is 5.91 Å². The van der Waals surface area contributed by atoms with Gasteiger partial charge in [-0.15, -0.1) is 0 Å². The number of aromatic amines is 1. The molecule has 0 aliphatic heterocycles. The quantitative estimate of drug-likeness (QED) is 0.698. The van der Waals surface area contributed by atoms with Crippen LogP contribution in [0.1, 0.15) is 51.0 Å². The van der Waals surface area contributed by atoms with Gasteiger partial charge in [0.1, 0.15) is 5.82 Å². The summed E-state index contributed by atoms with van der Waals surface area (Å²) in [5.41, 5.74) is 0.972. The highest BCUT2D eigenvalue weighted by atomic mass is 16.1. The predicted octanol–water partition coefficient (Wildman–Crippen LogP) is 3.02. The summed E-state index contributed by atoms with van der Waals surface area (Å²) < 4.78 is 0. The minimum Gasteiger partial charge on any atom is -0.311 e. The van der Waals surface area contributed by atoms with Gasteiger partial charge in [-0.1, -0.05) is 32.6 Å². The summed E-state index contributed by atoms with van der Waals surface area (Å²) in [4.78, 5) is 11.5. The van der Waals surface area contributed by atoms with E-state index in [0.717, 1.165) is 24.2 Å². The second-order valence-corrected chi connectivity index (χ2v) is 4.14. The Kier molecular flexibility index (Phi) is 5.61. The molecule has 0 radical (unpaired) electrons. The van der Waals surface area contributed by atoms with Gasteiger partial charge in [0.15, 0.2) is 0 Å². The highest BCUT2D eigenvalue weighted by Gasteiger charge is 2.05. The van der Waals surface area contributed by atoms with Crippen molar-refractivity contribution >= 4 is 11.7 Å². The molecule has 0 atom stereocenters. The maximum absolute atomic E-state index is 11.5. The van der Waals surface area contributed by atoms with E-state index in [1.165, 1.54) is 19.3 Å². The van der Waals surface area contributed by atoms with Crippen molar-refractivity contribution in [2.24, 2.45) is 0 Å². The average molecular weight is 223 g/mol. The lowest BCUT2D eigenvalue weighted by Crippen LogP contribution is -2.12. The topological polar surface area (TPSA) is 57.8 Å². The first-order chi connectivity index (χ1) is 7.74. The Morgan fingerprint density at radius 2 is 2.12 bits per heavy atom. The van der Waals surface area contributed by atoms with Crippen LogP contribution >= 0.6 is 0 Å². The van der Waals surface area contributed by atoms with E-state index in [1.807, 2.05) is 6.92 Å². The summed E-state index contributed by atoms with van der Waals surface area (Å²) in [5.74, 6) is 0.794. The van der Waals surface area contributed by atoms with E-state index in [4.69, 9.17) is 0 Å². The van der Waals surface area contributed by atoms with Crippen molar-refractivity contribution in [2.45, 2.75) is 52.4 Å². The number of carbonyl (C=O) groups is 1. The Labute approximate surface area is 96.8 Å². The Bertz CT molecular complexity index is 320. The van der Waals surface area contributed by atoms with E-state index in [1.54, 1.807) is 6.20 Å². The molecule has 1 amide bonds. The minimum atomic E-state index is 0.0730. The zero-order valence-corrected chi connectivity index (χ0v) is 10.2. The van der Waals surface area contributed by atoms with Crippen molar-refractivity contribution in [3.8, 4) is 0 Å². The van der Waals surface area contributed by atoms with Gasteiger partial charge < -0.3 is 5.32 Å². The number of nitrogens with one attached hydrogen (secondary N) is 2. The summed E-state index contributed by atoms with van der Waals surface area (Å²) in [7, 11) is 0. The highest BCUT2D eigenvalue weighted by Crippen LogP contribution is 2.10. The molecule has 1 rings (SSSR count). The highest BCUT2D eigenvalue weighted by molar-refractivity contribution is 5.90. The molecule has 1 heterocycles. The molecule has 1 aromatic heterocycles. The summed E-state index contributed by atoms with van der Waals surface area (Å²) >= 11 is 0. The van der Waals surface area contributed by atoms with Crippen LogP contribution in [0.4, 0.5) is 5.82 Å². The Morgan fingerprint density at radius 3 is 2.75 bits per heavy atom. The third-order valence-electron chi connectivity index (χ3n) is 2.60. The fourth-order valence-corrected chi connectivity index (χ4v) is 1.56. The molecule has 0 unspecified atom stereocenters. The van der Waals surface area contributed by atoms with Crippen LogP contribution in [0.5, 0.6) is 0 Å². The number of anilines is 1. The first-order valence-electron chi connectivity index (χ1n) is 6.04. The van der Waals surface area contributed by atoms with Crippen LogP contribution < -0.4 is 5.32 Å². The van der Waals surface area contributed by atoms with Crippen LogP contribution in [0, 0.1) is 6.92 Å². The zero-order chi connectivity index (χ0) is 11.8. The van der Waals surface area contributed by atoms with Gasteiger partial charge >= 0.3 is 0 Å². The Hall–Kier alpha value is -1.32. The van der Waals surface area contributed by atoms with Crippen molar-refractivity contribution in [1.82, 2.24) is 10.2 Å². The molecule has 0 saturated carbocycles. The number of hydrogen-bond donors (Lipinski definition) is 2. The average Bonchev–Trinajstić information content (AvgIpc) is 2.64. The predicted molar refractivity (Wildman–Crippen MR) is 65.3 cm³/mol.